The van der Waals surface area contributed by atoms with Crippen molar-refractivity contribution in [1.82, 2.24) is 4.31 Å². The van der Waals surface area contributed by atoms with Gasteiger partial charge >= 0.3 is 0 Å². The average molecular weight is 300 g/mol. The number of hydrogen-bond acceptors (Lipinski definition) is 3. The highest BCUT2D eigenvalue weighted by molar-refractivity contribution is 7.89. The molecule has 20 heavy (non-hydrogen) atoms. The molecule has 1 aliphatic heterocycles. The molecule has 2 rings (SSSR count). The molecule has 1 saturated heterocycles. The van der Waals surface area contributed by atoms with E-state index in [-0.39, 0.29) is 10.6 Å². The standard InChI is InChI=1S/C14H21FN2O2S/c1-9-4-5-17(8-11(9)3)20(18,19)14-7-13(16)12(15)6-10(14)2/h6-7,9,11H,4-5,8,16H2,1-3H3. The third-order valence-corrected chi connectivity index (χ3v) is 6.22. The van der Waals surface area contributed by atoms with Gasteiger partial charge in [0.25, 0.3) is 0 Å². The van der Waals surface area contributed by atoms with Crippen molar-refractivity contribution in [2.24, 2.45) is 11.8 Å². The summed E-state index contributed by atoms with van der Waals surface area (Å²) in [5, 5.41) is 0. The zero-order valence-electron chi connectivity index (χ0n) is 12.1. The Morgan fingerprint density at radius 2 is 1.95 bits per heavy atom. The van der Waals surface area contributed by atoms with Crippen LogP contribution >= 0.6 is 0 Å². The average Bonchev–Trinajstić information content (AvgIpc) is 2.36. The minimum Gasteiger partial charge on any atom is -0.396 e. The number of hydrogen-bond donors (Lipinski definition) is 1. The number of piperidine rings is 1. The molecule has 0 aromatic heterocycles. The molecule has 1 aromatic rings. The normalized spacial score (nSPS) is 24.8. The first-order chi connectivity index (χ1) is 9.23. The Morgan fingerprint density at radius 1 is 1.30 bits per heavy atom. The summed E-state index contributed by atoms with van der Waals surface area (Å²) in [4.78, 5) is 0.109. The van der Waals surface area contributed by atoms with E-state index in [0.717, 1.165) is 6.42 Å². The molecule has 1 heterocycles. The number of nitrogen functional groups attached to an aromatic ring is 1. The van der Waals surface area contributed by atoms with Gasteiger partial charge < -0.3 is 5.73 Å². The highest BCUT2D eigenvalue weighted by atomic mass is 32.2. The third-order valence-electron chi connectivity index (χ3n) is 4.21. The minimum absolute atomic E-state index is 0.109. The van der Waals surface area contributed by atoms with Gasteiger partial charge in [0, 0.05) is 13.1 Å². The van der Waals surface area contributed by atoms with Crippen molar-refractivity contribution in [2.75, 3.05) is 18.8 Å². The van der Waals surface area contributed by atoms with E-state index in [1.165, 1.54) is 16.4 Å². The van der Waals surface area contributed by atoms with Crippen LogP contribution in [0, 0.1) is 24.6 Å². The number of nitrogens with zero attached hydrogens (tertiary/aromatic N) is 1. The number of aryl methyl sites for hydroxylation is 1. The Bertz CT molecular complexity index is 616. The Morgan fingerprint density at radius 3 is 2.55 bits per heavy atom. The molecule has 0 saturated carbocycles. The molecular weight excluding hydrogens is 279 g/mol. The molecule has 1 aliphatic rings. The first-order valence-corrected chi connectivity index (χ1v) is 8.23. The maximum atomic E-state index is 13.4. The van der Waals surface area contributed by atoms with E-state index in [1.807, 2.05) is 0 Å². The van der Waals surface area contributed by atoms with Gasteiger partial charge in [-0.2, -0.15) is 4.31 Å². The molecule has 2 N–H and O–H groups in total. The van der Waals surface area contributed by atoms with E-state index in [2.05, 4.69) is 13.8 Å². The molecular formula is C14H21FN2O2S. The van der Waals surface area contributed by atoms with Crippen molar-refractivity contribution in [1.29, 1.82) is 0 Å². The van der Waals surface area contributed by atoms with E-state index < -0.39 is 15.8 Å². The molecule has 1 fully saturated rings. The van der Waals surface area contributed by atoms with Crippen molar-refractivity contribution < 1.29 is 12.8 Å². The van der Waals surface area contributed by atoms with Gasteiger partial charge in [-0.1, -0.05) is 13.8 Å². The van der Waals surface area contributed by atoms with Gasteiger partial charge in [0.1, 0.15) is 5.82 Å². The van der Waals surface area contributed by atoms with E-state index in [4.69, 9.17) is 5.73 Å². The zero-order chi connectivity index (χ0) is 15.1. The maximum Gasteiger partial charge on any atom is 0.243 e. The number of anilines is 1. The molecule has 112 valence electrons. The molecule has 4 nitrogen and oxygen atoms in total. The highest BCUT2D eigenvalue weighted by Gasteiger charge is 2.32. The molecule has 0 radical (unpaired) electrons. The predicted molar refractivity (Wildman–Crippen MR) is 77.3 cm³/mol. The SMILES string of the molecule is Cc1cc(F)c(N)cc1S(=O)(=O)N1CCC(C)C(C)C1. The molecule has 2 atom stereocenters. The van der Waals surface area contributed by atoms with Crippen LogP contribution in [0.25, 0.3) is 0 Å². The highest BCUT2D eigenvalue weighted by Crippen LogP contribution is 2.30. The molecule has 0 bridgehead atoms. The van der Waals surface area contributed by atoms with Crippen LogP contribution < -0.4 is 5.73 Å². The van der Waals surface area contributed by atoms with Crippen LogP contribution in [0.1, 0.15) is 25.8 Å². The Hall–Kier alpha value is -1.14. The van der Waals surface area contributed by atoms with Crippen LogP contribution in [-0.4, -0.2) is 25.8 Å². The second kappa shape index (κ2) is 5.33. The molecule has 1 aromatic carbocycles. The summed E-state index contributed by atoms with van der Waals surface area (Å²) in [6, 6.07) is 2.40. The van der Waals surface area contributed by atoms with Gasteiger partial charge in [-0.3, -0.25) is 0 Å². The smallest absolute Gasteiger partial charge is 0.243 e. The van der Waals surface area contributed by atoms with E-state index >= 15 is 0 Å². The van der Waals surface area contributed by atoms with Crippen LogP contribution in [0.4, 0.5) is 10.1 Å². The summed E-state index contributed by atoms with van der Waals surface area (Å²) in [6.45, 7) is 6.78. The predicted octanol–water partition coefficient (Wildman–Crippen LogP) is 2.38. The molecule has 6 heteroatoms. The molecule has 0 amide bonds. The monoisotopic (exact) mass is 300 g/mol. The van der Waals surface area contributed by atoms with Gasteiger partial charge in [-0.05, 0) is 42.9 Å². The number of nitrogens with two attached hydrogens (primary N) is 1. The second-order valence-corrected chi connectivity index (χ2v) is 7.65. The van der Waals surface area contributed by atoms with Gasteiger partial charge in [0.15, 0.2) is 0 Å². The quantitative estimate of drug-likeness (QED) is 0.853. The van der Waals surface area contributed by atoms with Crippen molar-refractivity contribution >= 4 is 15.7 Å². The van der Waals surface area contributed by atoms with E-state index in [1.54, 1.807) is 6.92 Å². The third kappa shape index (κ3) is 2.67. The van der Waals surface area contributed by atoms with Crippen molar-refractivity contribution in [3.63, 3.8) is 0 Å². The van der Waals surface area contributed by atoms with Gasteiger partial charge in [0.05, 0.1) is 10.6 Å². The largest absolute Gasteiger partial charge is 0.396 e. The van der Waals surface area contributed by atoms with Crippen molar-refractivity contribution in [3.05, 3.63) is 23.5 Å². The van der Waals surface area contributed by atoms with Crippen LogP contribution in [-0.2, 0) is 10.0 Å². The lowest BCUT2D eigenvalue weighted by Crippen LogP contribution is -2.42. The van der Waals surface area contributed by atoms with Gasteiger partial charge in [-0.25, -0.2) is 12.8 Å². The summed E-state index contributed by atoms with van der Waals surface area (Å²) < 4.78 is 40.2. The number of halogens is 1. The molecule has 2 unspecified atom stereocenters. The Labute approximate surface area is 119 Å². The minimum atomic E-state index is -3.60. The first kappa shape index (κ1) is 15.3. The lowest BCUT2D eigenvalue weighted by Gasteiger charge is -2.34. The second-order valence-electron chi connectivity index (χ2n) is 5.75. The lowest BCUT2D eigenvalue weighted by molar-refractivity contribution is 0.212. The lowest BCUT2D eigenvalue weighted by atomic mass is 9.90. The molecule has 0 aliphatic carbocycles. The summed E-state index contributed by atoms with van der Waals surface area (Å²) in [5.74, 6) is 0.250. The zero-order valence-corrected chi connectivity index (χ0v) is 12.9. The van der Waals surface area contributed by atoms with Crippen LogP contribution in [0.2, 0.25) is 0 Å². The van der Waals surface area contributed by atoms with Gasteiger partial charge in [-0.15, -0.1) is 0 Å². The maximum absolute atomic E-state index is 13.4. The summed E-state index contributed by atoms with van der Waals surface area (Å²) in [5.41, 5.74) is 5.77. The fourth-order valence-electron chi connectivity index (χ4n) is 2.53. The molecule has 0 spiro atoms. The Balaban J connectivity index is 2.38. The number of benzene rings is 1. The van der Waals surface area contributed by atoms with Crippen LogP contribution in [0.15, 0.2) is 17.0 Å². The van der Waals surface area contributed by atoms with E-state index in [0.29, 0.717) is 30.5 Å². The first-order valence-electron chi connectivity index (χ1n) is 6.79. The van der Waals surface area contributed by atoms with Crippen LogP contribution in [0.5, 0.6) is 0 Å². The van der Waals surface area contributed by atoms with Crippen molar-refractivity contribution in [2.45, 2.75) is 32.1 Å². The number of sulfonamides is 1. The fraction of sp³-hybridized carbons (Fsp3) is 0.571. The van der Waals surface area contributed by atoms with Gasteiger partial charge in [0.2, 0.25) is 10.0 Å². The summed E-state index contributed by atoms with van der Waals surface area (Å²) >= 11 is 0. The van der Waals surface area contributed by atoms with Crippen molar-refractivity contribution in [3.8, 4) is 0 Å². The Kier molecular flexibility index (Phi) is 4.07. The topological polar surface area (TPSA) is 63.4 Å². The summed E-state index contributed by atoms with van der Waals surface area (Å²) in [7, 11) is -3.60. The van der Waals surface area contributed by atoms with Crippen LogP contribution in [0.3, 0.4) is 0 Å². The number of rotatable bonds is 2. The summed E-state index contributed by atoms with van der Waals surface area (Å²) in [6.07, 6.45) is 0.843. The van der Waals surface area contributed by atoms with E-state index in [9.17, 15) is 12.8 Å². The fourth-order valence-corrected chi connectivity index (χ4v) is 4.33.